The molecule has 0 bridgehead atoms. The van der Waals surface area contributed by atoms with Crippen LogP contribution in [0.1, 0.15) is 10.4 Å². The van der Waals surface area contributed by atoms with Gasteiger partial charge in [-0.3, -0.25) is 4.79 Å². The molecule has 1 amide bonds. The number of nitrogens with one attached hydrogen (secondary N) is 2. The third-order valence-corrected chi connectivity index (χ3v) is 5.09. The van der Waals surface area contributed by atoms with Crippen molar-refractivity contribution in [3.63, 3.8) is 0 Å². The Hall–Kier alpha value is -3.73. The fourth-order valence-electron chi connectivity index (χ4n) is 2.91. The monoisotopic (exact) mass is 518 g/mol. The van der Waals surface area contributed by atoms with E-state index in [1.165, 1.54) is 41.7 Å². The first-order valence-electron chi connectivity index (χ1n) is 9.61. The van der Waals surface area contributed by atoms with E-state index in [2.05, 4.69) is 36.5 Å². The number of ether oxygens (including phenoxy) is 5. The summed E-state index contributed by atoms with van der Waals surface area (Å²) in [4.78, 5) is 20.8. The van der Waals surface area contributed by atoms with Crippen molar-refractivity contribution in [2.45, 2.75) is 0 Å². The number of amides is 1. The molecule has 0 radical (unpaired) electrons. The number of nitrogens with zero attached hydrogens (tertiary/aromatic N) is 2. The van der Waals surface area contributed by atoms with E-state index in [0.29, 0.717) is 44.5 Å². The molecular weight excluding hydrogens is 496 g/mol. The van der Waals surface area contributed by atoms with E-state index in [-0.39, 0.29) is 17.7 Å². The first-order chi connectivity index (χ1) is 15.9. The van der Waals surface area contributed by atoms with Crippen LogP contribution in [0, 0.1) is 0 Å². The zero-order valence-electron chi connectivity index (χ0n) is 18.7. The van der Waals surface area contributed by atoms with Gasteiger partial charge >= 0.3 is 6.01 Å². The van der Waals surface area contributed by atoms with Crippen LogP contribution >= 0.6 is 15.9 Å². The van der Waals surface area contributed by atoms with Gasteiger partial charge in [0.25, 0.3) is 5.91 Å². The number of rotatable bonds is 9. The molecule has 33 heavy (non-hydrogen) atoms. The molecule has 2 aromatic carbocycles. The third-order valence-electron chi connectivity index (χ3n) is 4.51. The average Bonchev–Trinajstić information content (AvgIpc) is 2.84. The van der Waals surface area contributed by atoms with E-state index in [4.69, 9.17) is 23.7 Å². The predicted molar refractivity (Wildman–Crippen MR) is 126 cm³/mol. The number of carbonyl (C=O) groups is 1. The molecule has 0 aliphatic rings. The lowest BCUT2D eigenvalue weighted by Gasteiger charge is -2.16. The lowest BCUT2D eigenvalue weighted by molar-refractivity contribution is 0.0960. The second-order valence-corrected chi connectivity index (χ2v) is 7.29. The zero-order chi connectivity index (χ0) is 24.0. The van der Waals surface area contributed by atoms with Crippen molar-refractivity contribution in [1.29, 1.82) is 0 Å². The minimum atomic E-state index is -0.319. The van der Waals surface area contributed by atoms with Gasteiger partial charge in [0.15, 0.2) is 17.3 Å². The van der Waals surface area contributed by atoms with E-state index in [9.17, 15) is 4.79 Å². The van der Waals surface area contributed by atoms with Crippen LogP contribution in [0.15, 0.2) is 41.0 Å². The maximum atomic E-state index is 12.2. The summed E-state index contributed by atoms with van der Waals surface area (Å²) in [7, 11) is 7.65. The molecule has 0 aliphatic heterocycles. The van der Waals surface area contributed by atoms with E-state index >= 15 is 0 Å². The van der Waals surface area contributed by atoms with Crippen molar-refractivity contribution < 1.29 is 28.5 Å². The van der Waals surface area contributed by atoms with Gasteiger partial charge in [0.1, 0.15) is 11.5 Å². The summed E-state index contributed by atoms with van der Waals surface area (Å²) in [6.07, 6.45) is 1.53. The number of hydrogen-bond acceptors (Lipinski definition) is 9. The van der Waals surface area contributed by atoms with Gasteiger partial charge in [0.2, 0.25) is 5.75 Å². The largest absolute Gasteiger partial charge is 0.497 e. The lowest BCUT2D eigenvalue weighted by atomic mass is 10.2. The molecule has 1 heterocycles. The van der Waals surface area contributed by atoms with Crippen molar-refractivity contribution in [2.24, 2.45) is 0 Å². The molecule has 0 saturated carbocycles. The Morgan fingerprint density at radius 2 is 1.64 bits per heavy atom. The highest BCUT2D eigenvalue weighted by atomic mass is 79.9. The van der Waals surface area contributed by atoms with Crippen LogP contribution in [0.2, 0.25) is 0 Å². The summed E-state index contributed by atoms with van der Waals surface area (Å²) in [6, 6.07) is 8.34. The van der Waals surface area contributed by atoms with Gasteiger partial charge in [-0.05, 0) is 28.1 Å². The van der Waals surface area contributed by atoms with Crippen molar-refractivity contribution in [3.8, 4) is 34.8 Å². The second-order valence-electron chi connectivity index (χ2n) is 6.43. The van der Waals surface area contributed by atoms with Gasteiger partial charge in [-0.15, -0.1) is 0 Å². The standard InChI is InChI=1S/C22H23BrN4O6/c1-24-21(28)14-7-6-13(29-2)10-16(14)33-22-25-11-15(23)20(27-22)26-12-8-17(30-3)19(32-5)18(9-12)31-4/h6-11H,1-5H3,(H,24,28)(H,25,26,27). The first-order valence-corrected chi connectivity index (χ1v) is 10.4. The molecule has 11 heteroatoms. The second kappa shape index (κ2) is 10.7. The Kier molecular flexibility index (Phi) is 7.78. The van der Waals surface area contributed by atoms with Gasteiger partial charge in [0.05, 0.1) is 44.7 Å². The number of methoxy groups -OCH3 is 4. The summed E-state index contributed by atoms with van der Waals surface area (Å²) in [6.45, 7) is 0. The van der Waals surface area contributed by atoms with Crippen molar-refractivity contribution in [1.82, 2.24) is 15.3 Å². The van der Waals surface area contributed by atoms with Crippen molar-refractivity contribution >= 4 is 33.3 Å². The first kappa shape index (κ1) is 23.9. The van der Waals surface area contributed by atoms with E-state index < -0.39 is 0 Å². The van der Waals surface area contributed by atoms with E-state index in [1.54, 1.807) is 30.3 Å². The van der Waals surface area contributed by atoms with Gasteiger partial charge in [0, 0.05) is 30.9 Å². The van der Waals surface area contributed by atoms with Gasteiger partial charge in [-0.1, -0.05) is 0 Å². The molecular formula is C22H23BrN4O6. The summed E-state index contributed by atoms with van der Waals surface area (Å²) in [5.74, 6) is 2.29. The number of aromatic nitrogens is 2. The number of halogens is 1. The molecule has 3 aromatic rings. The molecule has 0 aliphatic carbocycles. The van der Waals surface area contributed by atoms with Gasteiger partial charge in [-0.2, -0.15) is 4.98 Å². The zero-order valence-corrected chi connectivity index (χ0v) is 20.3. The number of anilines is 2. The number of benzene rings is 2. The third kappa shape index (κ3) is 5.37. The maximum Gasteiger partial charge on any atom is 0.324 e. The topological polar surface area (TPSA) is 113 Å². The van der Waals surface area contributed by atoms with Gasteiger partial charge in [-0.25, -0.2) is 4.98 Å². The fourth-order valence-corrected chi connectivity index (χ4v) is 3.20. The molecule has 174 valence electrons. The molecule has 0 unspecified atom stereocenters. The molecule has 1 aromatic heterocycles. The van der Waals surface area contributed by atoms with Crippen LogP contribution in [-0.4, -0.2) is 51.4 Å². The van der Waals surface area contributed by atoms with Crippen LogP contribution in [0.3, 0.4) is 0 Å². The molecule has 0 saturated heterocycles. The number of hydrogen-bond donors (Lipinski definition) is 2. The van der Waals surface area contributed by atoms with Crippen LogP contribution in [-0.2, 0) is 0 Å². The lowest BCUT2D eigenvalue weighted by Crippen LogP contribution is -2.18. The van der Waals surface area contributed by atoms with E-state index in [0.717, 1.165) is 0 Å². The number of carbonyl (C=O) groups excluding carboxylic acids is 1. The van der Waals surface area contributed by atoms with Crippen LogP contribution in [0.5, 0.6) is 34.8 Å². The Balaban J connectivity index is 1.95. The van der Waals surface area contributed by atoms with Crippen LogP contribution in [0.25, 0.3) is 0 Å². The Morgan fingerprint density at radius 3 is 2.21 bits per heavy atom. The normalized spacial score (nSPS) is 10.2. The van der Waals surface area contributed by atoms with E-state index in [1.807, 2.05) is 0 Å². The predicted octanol–water partition coefficient (Wildman–Crippen LogP) is 4.17. The highest BCUT2D eigenvalue weighted by Gasteiger charge is 2.17. The van der Waals surface area contributed by atoms with Gasteiger partial charge < -0.3 is 34.3 Å². The van der Waals surface area contributed by atoms with Crippen LogP contribution < -0.4 is 34.3 Å². The highest BCUT2D eigenvalue weighted by molar-refractivity contribution is 9.10. The Bertz CT molecular complexity index is 1130. The van der Waals surface area contributed by atoms with Crippen molar-refractivity contribution in [3.05, 3.63) is 46.6 Å². The molecule has 2 N–H and O–H groups in total. The Labute approximate surface area is 199 Å². The minimum absolute atomic E-state index is 0.0200. The van der Waals surface area contributed by atoms with Crippen LogP contribution in [0.4, 0.5) is 11.5 Å². The molecule has 0 fully saturated rings. The Morgan fingerprint density at radius 1 is 0.939 bits per heavy atom. The highest BCUT2D eigenvalue weighted by Crippen LogP contribution is 2.41. The quantitative estimate of drug-likeness (QED) is 0.430. The van der Waals surface area contributed by atoms with Crippen molar-refractivity contribution in [2.75, 3.05) is 40.8 Å². The maximum absolute atomic E-state index is 12.2. The smallest absolute Gasteiger partial charge is 0.324 e. The summed E-state index contributed by atoms with van der Waals surface area (Å²) in [5.41, 5.74) is 0.936. The fraction of sp³-hybridized carbons (Fsp3) is 0.227. The summed E-state index contributed by atoms with van der Waals surface area (Å²) >= 11 is 3.43. The summed E-state index contributed by atoms with van der Waals surface area (Å²) in [5, 5.41) is 5.75. The molecule has 3 rings (SSSR count). The summed E-state index contributed by atoms with van der Waals surface area (Å²) < 4.78 is 27.8. The minimum Gasteiger partial charge on any atom is -0.497 e. The SMILES string of the molecule is CNC(=O)c1ccc(OC)cc1Oc1ncc(Br)c(Nc2cc(OC)c(OC)c(OC)c2)n1. The average molecular weight is 519 g/mol. The molecule has 10 nitrogen and oxygen atoms in total. The molecule has 0 atom stereocenters. The molecule has 0 spiro atoms.